The van der Waals surface area contributed by atoms with Gasteiger partial charge in [0, 0.05) is 10.4 Å². The normalized spacial score (nSPS) is 12.5. The van der Waals surface area contributed by atoms with Crippen LogP contribution in [0.1, 0.15) is 51.4 Å². The van der Waals surface area contributed by atoms with Crippen molar-refractivity contribution in [2.24, 2.45) is 5.10 Å². The van der Waals surface area contributed by atoms with Crippen LogP contribution in [0, 0.1) is 0 Å². The van der Waals surface area contributed by atoms with E-state index in [1.807, 2.05) is 26.0 Å². The minimum Gasteiger partial charge on any atom is -0.479 e. The first kappa shape index (κ1) is 26.4. The molecule has 34 heavy (non-hydrogen) atoms. The van der Waals surface area contributed by atoms with Gasteiger partial charge in [0.05, 0.1) is 32.7 Å². The molecule has 0 saturated carbocycles. The Hall–Kier alpha value is -2.23. The first-order valence-corrected chi connectivity index (χ1v) is 12.6. The SMILES string of the molecule is CC[C@H](C)c1nc2ccc(Br)cc2c(=O)n1N=Cc1cc(Cl)c(OCC(=O)OC(C)C)c(Br)c1. The summed E-state index contributed by atoms with van der Waals surface area (Å²) in [5, 5.41) is 5.20. The average Bonchev–Trinajstić information content (AvgIpc) is 2.77. The number of nitrogens with zero attached hydrogens (tertiary/aromatic N) is 3. The zero-order chi connectivity index (χ0) is 25.0. The number of benzene rings is 2. The number of esters is 1. The fraction of sp³-hybridized carbons (Fsp3) is 0.333. The quantitative estimate of drug-likeness (QED) is 0.220. The van der Waals surface area contributed by atoms with Gasteiger partial charge in [0.2, 0.25) is 0 Å². The molecule has 0 bridgehead atoms. The van der Waals surface area contributed by atoms with Crippen LogP contribution >= 0.6 is 43.5 Å². The van der Waals surface area contributed by atoms with Crippen LogP contribution in [0.5, 0.6) is 5.75 Å². The van der Waals surface area contributed by atoms with Crippen molar-refractivity contribution in [3.05, 3.63) is 66.0 Å². The third kappa shape index (κ3) is 6.25. The van der Waals surface area contributed by atoms with E-state index in [2.05, 4.69) is 37.0 Å². The van der Waals surface area contributed by atoms with Gasteiger partial charge < -0.3 is 9.47 Å². The Labute approximate surface area is 219 Å². The maximum absolute atomic E-state index is 13.2. The van der Waals surface area contributed by atoms with E-state index in [1.54, 1.807) is 32.0 Å². The fourth-order valence-corrected chi connectivity index (χ4v) is 4.47. The van der Waals surface area contributed by atoms with Crippen molar-refractivity contribution >= 4 is 66.5 Å². The lowest BCUT2D eigenvalue weighted by Gasteiger charge is -2.14. The second-order valence-corrected chi connectivity index (χ2v) is 10.1. The Morgan fingerprint density at radius 2 is 1.97 bits per heavy atom. The van der Waals surface area contributed by atoms with Crippen molar-refractivity contribution in [3.63, 3.8) is 0 Å². The summed E-state index contributed by atoms with van der Waals surface area (Å²) in [7, 11) is 0. The Morgan fingerprint density at radius 1 is 1.24 bits per heavy atom. The minimum atomic E-state index is -0.490. The van der Waals surface area contributed by atoms with Crippen molar-refractivity contribution in [1.82, 2.24) is 9.66 Å². The molecule has 2 aromatic carbocycles. The summed E-state index contributed by atoms with van der Waals surface area (Å²) in [6.45, 7) is 7.29. The summed E-state index contributed by atoms with van der Waals surface area (Å²) in [6, 6.07) is 8.78. The van der Waals surface area contributed by atoms with Crippen LogP contribution in [0.15, 0.2) is 49.2 Å². The molecule has 0 unspecified atom stereocenters. The van der Waals surface area contributed by atoms with E-state index in [9.17, 15) is 9.59 Å². The van der Waals surface area contributed by atoms with Gasteiger partial charge >= 0.3 is 5.97 Å². The number of hydrogen-bond donors (Lipinski definition) is 0. The second kappa shape index (κ2) is 11.5. The zero-order valence-corrected chi connectivity index (χ0v) is 23.1. The molecular formula is C24H24Br2ClN3O4. The molecule has 0 aliphatic carbocycles. The molecule has 0 saturated heterocycles. The Kier molecular flexibility index (Phi) is 8.89. The molecule has 3 rings (SSSR count). The van der Waals surface area contributed by atoms with Crippen molar-refractivity contribution < 1.29 is 14.3 Å². The molecule has 1 aromatic heterocycles. The second-order valence-electron chi connectivity index (χ2n) is 7.94. The summed E-state index contributed by atoms with van der Waals surface area (Å²) < 4.78 is 13.2. The molecule has 7 nitrogen and oxygen atoms in total. The van der Waals surface area contributed by atoms with Gasteiger partial charge in [-0.3, -0.25) is 4.79 Å². The predicted molar refractivity (Wildman–Crippen MR) is 141 cm³/mol. The smallest absolute Gasteiger partial charge is 0.344 e. The summed E-state index contributed by atoms with van der Waals surface area (Å²) in [5.41, 5.74) is 0.996. The standard InChI is InChI=1S/C24H24Br2ClN3O4/c1-5-14(4)23-29-20-7-6-16(25)10-17(20)24(32)30(23)28-11-15-8-18(26)22(19(27)9-15)33-12-21(31)34-13(2)3/h6-11,13-14H,5,12H2,1-4H3/t14-/m0/s1. The topological polar surface area (TPSA) is 82.8 Å². The third-order valence-electron chi connectivity index (χ3n) is 4.93. The Balaban J connectivity index is 1.96. The van der Waals surface area contributed by atoms with Crippen molar-refractivity contribution in [2.75, 3.05) is 6.61 Å². The van der Waals surface area contributed by atoms with E-state index in [-0.39, 0.29) is 29.2 Å². The van der Waals surface area contributed by atoms with Gasteiger partial charge in [-0.2, -0.15) is 9.78 Å². The number of carbonyl (C=O) groups excluding carboxylic acids is 1. The van der Waals surface area contributed by atoms with Crippen LogP contribution in [0.3, 0.4) is 0 Å². The first-order chi connectivity index (χ1) is 16.1. The van der Waals surface area contributed by atoms with E-state index >= 15 is 0 Å². The molecule has 0 fully saturated rings. The maximum Gasteiger partial charge on any atom is 0.344 e. The molecule has 1 heterocycles. The van der Waals surface area contributed by atoms with Gasteiger partial charge in [0.1, 0.15) is 5.82 Å². The van der Waals surface area contributed by atoms with Gasteiger partial charge in [-0.25, -0.2) is 9.78 Å². The van der Waals surface area contributed by atoms with Crippen LogP contribution in [0.25, 0.3) is 10.9 Å². The lowest BCUT2D eigenvalue weighted by molar-refractivity contribution is -0.149. The van der Waals surface area contributed by atoms with Crippen LogP contribution in [-0.2, 0) is 9.53 Å². The number of ether oxygens (including phenoxy) is 2. The van der Waals surface area contributed by atoms with E-state index in [4.69, 9.17) is 26.1 Å². The molecular weight excluding hydrogens is 590 g/mol. The highest BCUT2D eigenvalue weighted by Crippen LogP contribution is 2.34. The van der Waals surface area contributed by atoms with E-state index < -0.39 is 5.97 Å². The molecule has 0 aliphatic heterocycles. The maximum atomic E-state index is 13.2. The molecule has 0 amide bonds. The van der Waals surface area contributed by atoms with E-state index in [0.29, 0.717) is 32.5 Å². The van der Waals surface area contributed by atoms with Gasteiger partial charge in [-0.05, 0) is 72.1 Å². The monoisotopic (exact) mass is 611 g/mol. The highest BCUT2D eigenvalue weighted by atomic mass is 79.9. The largest absolute Gasteiger partial charge is 0.479 e. The zero-order valence-electron chi connectivity index (χ0n) is 19.1. The van der Waals surface area contributed by atoms with Gasteiger partial charge in [0.25, 0.3) is 5.56 Å². The fourth-order valence-electron chi connectivity index (χ4n) is 3.12. The number of halogens is 3. The molecule has 0 spiro atoms. The van der Waals surface area contributed by atoms with Gasteiger partial charge in [-0.1, -0.05) is 41.4 Å². The number of hydrogen-bond acceptors (Lipinski definition) is 6. The summed E-state index contributed by atoms with van der Waals surface area (Å²) >= 11 is 13.2. The van der Waals surface area contributed by atoms with Crippen LogP contribution in [0.4, 0.5) is 0 Å². The van der Waals surface area contributed by atoms with E-state index in [1.165, 1.54) is 10.9 Å². The van der Waals surface area contributed by atoms with Crippen molar-refractivity contribution in [3.8, 4) is 5.75 Å². The van der Waals surface area contributed by atoms with Crippen LogP contribution in [0.2, 0.25) is 5.02 Å². The lowest BCUT2D eigenvalue weighted by Crippen LogP contribution is -2.23. The molecule has 10 heteroatoms. The van der Waals surface area contributed by atoms with Crippen LogP contribution < -0.4 is 10.3 Å². The Morgan fingerprint density at radius 3 is 2.62 bits per heavy atom. The average molecular weight is 614 g/mol. The van der Waals surface area contributed by atoms with Gasteiger partial charge in [-0.15, -0.1) is 0 Å². The third-order valence-corrected chi connectivity index (χ3v) is 6.29. The van der Waals surface area contributed by atoms with Crippen LogP contribution in [-0.4, -0.2) is 34.6 Å². The molecule has 1 atom stereocenters. The highest BCUT2D eigenvalue weighted by molar-refractivity contribution is 9.10. The lowest BCUT2D eigenvalue weighted by atomic mass is 10.1. The molecule has 0 N–H and O–H groups in total. The minimum absolute atomic E-state index is 0.0228. The van der Waals surface area contributed by atoms with Crippen molar-refractivity contribution in [2.45, 2.75) is 46.1 Å². The number of carbonyl (C=O) groups is 1. The molecule has 0 radical (unpaired) electrons. The Bertz CT molecular complexity index is 1280. The number of fused-ring (bicyclic) bond motifs is 1. The predicted octanol–water partition coefficient (Wildman–Crippen LogP) is 6.30. The van der Waals surface area contributed by atoms with Gasteiger partial charge in [0.15, 0.2) is 12.4 Å². The molecule has 0 aliphatic rings. The highest BCUT2D eigenvalue weighted by Gasteiger charge is 2.16. The molecule has 3 aromatic rings. The van der Waals surface area contributed by atoms with E-state index in [0.717, 1.165) is 10.9 Å². The summed E-state index contributed by atoms with van der Waals surface area (Å²) in [6.07, 6.45) is 2.10. The first-order valence-electron chi connectivity index (χ1n) is 10.7. The summed E-state index contributed by atoms with van der Waals surface area (Å²) in [4.78, 5) is 29.7. The number of rotatable bonds is 8. The molecule has 180 valence electrons. The summed E-state index contributed by atoms with van der Waals surface area (Å²) in [5.74, 6) is 0.423. The number of aromatic nitrogens is 2. The van der Waals surface area contributed by atoms with Crippen molar-refractivity contribution in [1.29, 1.82) is 0 Å².